The summed E-state index contributed by atoms with van der Waals surface area (Å²) in [5, 5.41) is 13.0. The van der Waals surface area contributed by atoms with Crippen molar-refractivity contribution >= 4 is 11.9 Å². The van der Waals surface area contributed by atoms with Gasteiger partial charge in [0.15, 0.2) is 0 Å². The van der Waals surface area contributed by atoms with Crippen LogP contribution in [0.25, 0.3) is 0 Å². The van der Waals surface area contributed by atoms with Crippen LogP contribution in [-0.2, 0) is 9.47 Å². The van der Waals surface area contributed by atoms with E-state index in [4.69, 9.17) is 15.2 Å². The van der Waals surface area contributed by atoms with Crippen molar-refractivity contribution in [3.05, 3.63) is 23.9 Å². The summed E-state index contributed by atoms with van der Waals surface area (Å²) < 4.78 is 11.1. The van der Waals surface area contributed by atoms with Gasteiger partial charge >= 0.3 is 6.09 Å². The van der Waals surface area contributed by atoms with Crippen molar-refractivity contribution in [2.75, 3.05) is 32.0 Å². The highest BCUT2D eigenvalue weighted by Gasteiger charge is 2.28. The number of nitrogens with one attached hydrogen (secondary N) is 1. The molecule has 1 aromatic heterocycles. The lowest BCUT2D eigenvalue weighted by atomic mass is 10.1. The fourth-order valence-electron chi connectivity index (χ4n) is 2.89. The molecule has 8 nitrogen and oxygen atoms in total. The number of hydrogen-bond acceptors (Lipinski definition) is 7. The number of nitrogens with two attached hydrogens (primary N) is 1. The largest absolute Gasteiger partial charge is 0.444 e. The smallest absolute Gasteiger partial charge is 0.407 e. The molecular formula is C19H32N4O4. The third-order valence-corrected chi connectivity index (χ3v) is 4.33. The maximum absolute atomic E-state index is 11.6. The molecule has 1 saturated heterocycles. The molecule has 1 aliphatic rings. The average molecular weight is 380 g/mol. The second-order valence-electron chi connectivity index (χ2n) is 8.01. The summed E-state index contributed by atoms with van der Waals surface area (Å²) in [7, 11) is 0. The van der Waals surface area contributed by atoms with Gasteiger partial charge in [-0.2, -0.15) is 0 Å². The maximum atomic E-state index is 11.6. The summed E-state index contributed by atoms with van der Waals surface area (Å²) in [6.45, 7) is 9.64. The van der Waals surface area contributed by atoms with Gasteiger partial charge in [-0.25, -0.2) is 9.78 Å². The van der Waals surface area contributed by atoms with Crippen molar-refractivity contribution in [3.63, 3.8) is 0 Å². The Morgan fingerprint density at radius 3 is 2.89 bits per heavy atom. The van der Waals surface area contributed by atoms with Crippen LogP contribution in [0.4, 0.5) is 10.6 Å². The van der Waals surface area contributed by atoms with Gasteiger partial charge in [0.2, 0.25) is 0 Å². The molecular weight excluding hydrogens is 348 g/mol. The van der Waals surface area contributed by atoms with Gasteiger partial charge in [0.25, 0.3) is 0 Å². The van der Waals surface area contributed by atoms with Crippen LogP contribution >= 0.6 is 0 Å². The average Bonchev–Trinajstić information content (AvgIpc) is 2.56. The van der Waals surface area contributed by atoms with Gasteiger partial charge in [0, 0.05) is 37.4 Å². The first kappa shape index (κ1) is 21.4. The zero-order valence-electron chi connectivity index (χ0n) is 16.6. The van der Waals surface area contributed by atoms with Crippen LogP contribution in [0.5, 0.6) is 0 Å². The molecule has 1 amide bonds. The van der Waals surface area contributed by atoms with Crippen LogP contribution in [-0.4, -0.2) is 65.1 Å². The molecule has 1 aliphatic heterocycles. The minimum absolute atomic E-state index is 0.0959. The number of β-amino-alcohol motifs (C(OH)–C–C–N with tert-alkyl or cyclic N) is 1. The second-order valence-corrected chi connectivity index (χ2v) is 8.01. The van der Waals surface area contributed by atoms with E-state index in [0.717, 1.165) is 5.56 Å². The van der Waals surface area contributed by atoms with Crippen molar-refractivity contribution in [3.8, 4) is 0 Å². The molecule has 27 heavy (non-hydrogen) atoms. The highest BCUT2D eigenvalue weighted by atomic mass is 16.6. The number of aromatic nitrogens is 1. The lowest BCUT2D eigenvalue weighted by Gasteiger charge is -2.39. The Bertz CT molecular complexity index is 603. The van der Waals surface area contributed by atoms with Crippen molar-refractivity contribution in [2.24, 2.45) is 0 Å². The van der Waals surface area contributed by atoms with Crippen LogP contribution in [0.1, 0.15) is 45.8 Å². The van der Waals surface area contributed by atoms with Gasteiger partial charge in [-0.3, -0.25) is 4.90 Å². The molecule has 2 heterocycles. The van der Waals surface area contributed by atoms with Gasteiger partial charge < -0.3 is 25.6 Å². The molecule has 4 N–H and O–H groups in total. The Labute approximate surface area is 161 Å². The molecule has 0 aliphatic carbocycles. The Hall–Kier alpha value is -1.90. The second kappa shape index (κ2) is 9.34. The predicted octanol–water partition coefficient (Wildman–Crippen LogP) is 1.70. The summed E-state index contributed by atoms with van der Waals surface area (Å²) >= 11 is 0. The van der Waals surface area contributed by atoms with Gasteiger partial charge in [-0.15, -0.1) is 0 Å². The topological polar surface area (TPSA) is 110 Å². The Morgan fingerprint density at radius 1 is 1.52 bits per heavy atom. The van der Waals surface area contributed by atoms with Crippen LogP contribution in [0, 0.1) is 0 Å². The third-order valence-electron chi connectivity index (χ3n) is 4.33. The first-order chi connectivity index (χ1) is 12.6. The molecule has 1 unspecified atom stereocenters. The molecule has 1 fully saturated rings. The first-order valence-electron chi connectivity index (χ1n) is 9.36. The first-order valence-corrected chi connectivity index (χ1v) is 9.36. The van der Waals surface area contributed by atoms with E-state index in [1.807, 2.05) is 26.8 Å². The lowest BCUT2D eigenvalue weighted by molar-refractivity contribution is -0.0718. The van der Waals surface area contributed by atoms with Crippen LogP contribution in [0.2, 0.25) is 0 Å². The molecule has 1 aromatic rings. The predicted molar refractivity (Wildman–Crippen MR) is 103 cm³/mol. The Kier molecular flexibility index (Phi) is 7.41. The van der Waals surface area contributed by atoms with Crippen LogP contribution < -0.4 is 11.1 Å². The fraction of sp³-hybridized carbons (Fsp3) is 0.684. The summed E-state index contributed by atoms with van der Waals surface area (Å²) in [5.74, 6) is 0.479. The van der Waals surface area contributed by atoms with Crippen LogP contribution in [0.15, 0.2) is 18.3 Å². The summed E-state index contributed by atoms with van der Waals surface area (Å²) in [6, 6.07) is 3.89. The zero-order valence-corrected chi connectivity index (χ0v) is 16.6. The lowest BCUT2D eigenvalue weighted by Crippen LogP contribution is -2.48. The molecule has 0 bridgehead atoms. The number of amides is 1. The van der Waals surface area contributed by atoms with E-state index in [1.165, 1.54) is 0 Å². The van der Waals surface area contributed by atoms with Gasteiger partial charge in [0.1, 0.15) is 11.4 Å². The molecule has 3 atom stereocenters. The molecule has 0 radical (unpaired) electrons. The standard InChI is InChI=1S/C19H32N4O4/c1-13-12-26-16(14-5-6-17(20)22-9-14)11-23(13)10-15(24)7-8-21-18(25)27-19(2,3)4/h5-6,9,13,15-16,24H,7-8,10-12H2,1-4H3,(H2,20,22)(H,21,25)/t13-,15?,16+/m0/s1. The maximum Gasteiger partial charge on any atom is 0.407 e. The zero-order chi connectivity index (χ0) is 20.0. The highest BCUT2D eigenvalue weighted by Crippen LogP contribution is 2.25. The van der Waals surface area contributed by atoms with Gasteiger partial charge in [-0.1, -0.05) is 6.07 Å². The number of anilines is 1. The van der Waals surface area contributed by atoms with Crippen LogP contribution in [0.3, 0.4) is 0 Å². The minimum Gasteiger partial charge on any atom is -0.444 e. The van der Waals surface area contributed by atoms with Crippen molar-refractivity contribution in [1.82, 2.24) is 15.2 Å². The summed E-state index contributed by atoms with van der Waals surface area (Å²) in [6.07, 6.45) is 1.07. The van der Waals surface area contributed by atoms with Crippen molar-refractivity contribution in [1.29, 1.82) is 0 Å². The van der Waals surface area contributed by atoms with E-state index < -0.39 is 17.8 Å². The summed E-state index contributed by atoms with van der Waals surface area (Å²) in [4.78, 5) is 18.0. The van der Waals surface area contributed by atoms with Crippen molar-refractivity contribution < 1.29 is 19.4 Å². The number of pyridine rings is 1. The van der Waals surface area contributed by atoms with Crippen molar-refractivity contribution in [2.45, 2.75) is 58.0 Å². The number of nitrogens with zero attached hydrogens (tertiary/aromatic N) is 2. The number of aliphatic hydroxyl groups is 1. The number of nitrogen functional groups attached to an aromatic ring is 1. The van der Waals surface area contributed by atoms with Gasteiger partial charge in [-0.05, 0) is 40.2 Å². The molecule has 2 rings (SSSR count). The Balaban J connectivity index is 1.78. The number of alkyl carbamates (subject to hydrolysis) is 1. The van der Waals surface area contributed by atoms with E-state index in [1.54, 1.807) is 12.3 Å². The number of rotatable bonds is 6. The number of carbonyl (C=O) groups is 1. The fourth-order valence-corrected chi connectivity index (χ4v) is 2.89. The summed E-state index contributed by atoms with van der Waals surface area (Å²) in [5.41, 5.74) is 6.08. The van der Waals surface area contributed by atoms with E-state index in [9.17, 15) is 9.90 Å². The molecule has 152 valence electrons. The monoisotopic (exact) mass is 380 g/mol. The number of hydrogen-bond donors (Lipinski definition) is 3. The molecule has 0 aromatic carbocycles. The Morgan fingerprint density at radius 2 is 2.26 bits per heavy atom. The van der Waals surface area contributed by atoms with E-state index in [0.29, 0.717) is 38.5 Å². The van der Waals surface area contributed by atoms with Gasteiger partial charge in [0.05, 0.1) is 18.8 Å². The normalized spacial score (nSPS) is 22.3. The number of carbonyl (C=O) groups excluding carboxylic acids is 1. The third kappa shape index (κ3) is 7.32. The van der Waals surface area contributed by atoms with E-state index in [2.05, 4.69) is 22.1 Å². The molecule has 0 spiro atoms. The van der Waals surface area contributed by atoms with E-state index in [-0.39, 0.29) is 12.1 Å². The molecule has 0 saturated carbocycles. The SMILES string of the molecule is C[C@H]1CO[C@@H](c2ccc(N)nc2)CN1CC(O)CCNC(=O)OC(C)(C)C. The minimum atomic E-state index is -0.550. The highest BCUT2D eigenvalue weighted by molar-refractivity contribution is 5.67. The number of ether oxygens (including phenoxy) is 2. The molecule has 8 heteroatoms. The van der Waals surface area contributed by atoms with E-state index >= 15 is 0 Å². The number of morpholine rings is 1. The quantitative estimate of drug-likeness (QED) is 0.689. The number of aliphatic hydroxyl groups excluding tert-OH is 1.